The Morgan fingerprint density at radius 2 is 1.71 bits per heavy atom. The fourth-order valence-corrected chi connectivity index (χ4v) is 11.2. The minimum atomic E-state index is -0.680. The van der Waals surface area contributed by atoms with Gasteiger partial charge in [-0.15, -0.1) is 0 Å². The zero-order valence-electron chi connectivity index (χ0n) is 21.3. The highest BCUT2D eigenvalue weighted by Gasteiger charge is 2.81. The molecule has 7 aliphatic rings. The minimum absolute atomic E-state index is 0.00375. The van der Waals surface area contributed by atoms with Crippen molar-refractivity contribution in [2.45, 2.75) is 114 Å². The van der Waals surface area contributed by atoms with E-state index in [1.807, 2.05) is 0 Å². The van der Waals surface area contributed by atoms with Crippen LogP contribution in [0, 0.1) is 52.3 Å². The summed E-state index contributed by atoms with van der Waals surface area (Å²) in [7, 11) is 0. The molecule has 1 saturated heterocycles. The Labute approximate surface area is 205 Å². The molecule has 3 N–H and O–H groups in total. The van der Waals surface area contributed by atoms with Crippen molar-refractivity contribution in [2.75, 3.05) is 13.2 Å². The van der Waals surface area contributed by atoms with E-state index >= 15 is 0 Å². The van der Waals surface area contributed by atoms with Gasteiger partial charge in [0, 0.05) is 19.6 Å². The standard InChI is InChI=1S/C29H46O5/c1-26-10-7-17(30)16-29(26,32)21-14-18(21)24-20(26)8-11-27(2)25(24)19-15-22(19)28(27,31)9-5-13-34-23-6-3-4-12-33-23/h17-25,30-32H,3-16H2,1-2H3/t17-,18-,19+,20?,21+,22-,23?,24?,25?,26+,27-,28-,29?/m0/s1. The summed E-state index contributed by atoms with van der Waals surface area (Å²) in [6.45, 7) is 6.30. The molecule has 1 aliphatic heterocycles. The summed E-state index contributed by atoms with van der Waals surface area (Å²) in [6, 6.07) is 0. The number of rotatable bonds is 5. The third kappa shape index (κ3) is 2.85. The number of ether oxygens (including phenoxy) is 2. The SMILES string of the molecule is C[C@]12CCC3C(C1[C@@H]1C[C@@H]1[C@@]2(O)CCCOC1CCCCO1)[C@H]1C[C@H]1C1(O)C[C@@H](O)CC[C@]31C. The van der Waals surface area contributed by atoms with E-state index in [1.54, 1.807) is 0 Å². The number of fused-ring (bicyclic) bond motifs is 10. The largest absolute Gasteiger partial charge is 0.393 e. The highest BCUT2D eigenvalue weighted by Crippen LogP contribution is 2.82. The van der Waals surface area contributed by atoms with Crippen LogP contribution >= 0.6 is 0 Å². The predicted molar refractivity (Wildman–Crippen MR) is 128 cm³/mol. The molecule has 5 nitrogen and oxygen atoms in total. The van der Waals surface area contributed by atoms with E-state index < -0.39 is 11.2 Å². The van der Waals surface area contributed by atoms with Gasteiger partial charge in [-0.05, 0) is 123 Å². The predicted octanol–water partition coefficient (Wildman–Crippen LogP) is 4.27. The van der Waals surface area contributed by atoms with Crippen molar-refractivity contribution in [3.63, 3.8) is 0 Å². The van der Waals surface area contributed by atoms with Crippen LogP contribution in [0.3, 0.4) is 0 Å². The molecule has 192 valence electrons. The highest BCUT2D eigenvalue weighted by molar-refractivity contribution is 5.29. The maximum atomic E-state index is 12.3. The molecule has 5 unspecified atom stereocenters. The van der Waals surface area contributed by atoms with Gasteiger partial charge in [-0.1, -0.05) is 13.8 Å². The van der Waals surface area contributed by atoms with Crippen LogP contribution < -0.4 is 0 Å². The van der Waals surface area contributed by atoms with Crippen molar-refractivity contribution >= 4 is 0 Å². The zero-order chi connectivity index (χ0) is 23.5. The molecular weight excluding hydrogens is 428 g/mol. The molecule has 7 fully saturated rings. The van der Waals surface area contributed by atoms with Crippen molar-refractivity contribution in [1.82, 2.24) is 0 Å². The van der Waals surface area contributed by atoms with Crippen LogP contribution in [0.4, 0.5) is 0 Å². The molecule has 1 heterocycles. The van der Waals surface area contributed by atoms with Crippen molar-refractivity contribution in [1.29, 1.82) is 0 Å². The fourth-order valence-electron chi connectivity index (χ4n) is 11.2. The topological polar surface area (TPSA) is 79.2 Å². The lowest BCUT2D eigenvalue weighted by Crippen LogP contribution is -2.65. The molecule has 13 atom stereocenters. The molecule has 7 rings (SSSR count). The molecule has 0 radical (unpaired) electrons. The van der Waals surface area contributed by atoms with Crippen LogP contribution in [0.25, 0.3) is 0 Å². The second-order valence-corrected chi connectivity index (χ2v) is 14.1. The van der Waals surface area contributed by atoms with E-state index in [0.717, 1.165) is 64.4 Å². The molecule has 5 heteroatoms. The van der Waals surface area contributed by atoms with Gasteiger partial charge in [0.2, 0.25) is 0 Å². The van der Waals surface area contributed by atoms with Crippen LogP contribution in [0.5, 0.6) is 0 Å². The molecule has 6 aliphatic carbocycles. The molecule has 6 saturated carbocycles. The maximum absolute atomic E-state index is 12.3. The van der Waals surface area contributed by atoms with Gasteiger partial charge in [-0.3, -0.25) is 0 Å². The molecule has 0 aromatic rings. The monoisotopic (exact) mass is 474 g/mol. The average Bonchev–Trinajstić information content (AvgIpc) is 3.72. The molecule has 0 aromatic carbocycles. The quantitative estimate of drug-likeness (QED) is 0.519. The van der Waals surface area contributed by atoms with Crippen molar-refractivity contribution in [3.05, 3.63) is 0 Å². The molecule has 34 heavy (non-hydrogen) atoms. The Hall–Kier alpha value is -0.200. The van der Waals surface area contributed by atoms with Gasteiger partial charge in [0.1, 0.15) is 0 Å². The number of aliphatic hydroxyl groups is 3. The lowest BCUT2D eigenvalue weighted by molar-refractivity contribution is -0.238. The third-order valence-electron chi connectivity index (χ3n) is 12.9. The van der Waals surface area contributed by atoms with E-state index in [1.165, 1.54) is 12.8 Å². The van der Waals surface area contributed by atoms with E-state index in [-0.39, 0.29) is 23.2 Å². The summed E-state index contributed by atoms with van der Waals surface area (Å²) in [4.78, 5) is 0. The second-order valence-electron chi connectivity index (χ2n) is 14.1. The summed E-state index contributed by atoms with van der Waals surface area (Å²) in [6.07, 6.45) is 11.6. The first-order chi connectivity index (χ1) is 16.2. The minimum Gasteiger partial charge on any atom is -0.393 e. The van der Waals surface area contributed by atoms with Gasteiger partial charge < -0.3 is 24.8 Å². The van der Waals surface area contributed by atoms with Crippen LogP contribution in [-0.4, -0.2) is 52.1 Å². The first-order valence-corrected chi connectivity index (χ1v) is 14.6. The lowest BCUT2D eigenvalue weighted by atomic mass is 9.42. The van der Waals surface area contributed by atoms with E-state index in [2.05, 4.69) is 13.8 Å². The van der Waals surface area contributed by atoms with Gasteiger partial charge in [0.05, 0.1) is 17.3 Å². The van der Waals surface area contributed by atoms with Gasteiger partial charge in [0.25, 0.3) is 0 Å². The van der Waals surface area contributed by atoms with Crippen molar-refractivity contribution < 1.29 is 24.8 Å². The van der Waals surface area contributed by atoms with Gasteiger partial charge in [-0.2, -0.15) is 0 Å². The lowest BCUT2D eigenvalue weighted by Gasteiger charge is -2.64. The Balaban J connectivity index is 1.10. The first kappa shape index (κ1) is 23.0. The molecular formula is C29H46O5. The summed E-state index contributed by atoms with van der Waals surface area (Å²) in [5, 5.41) is 34.7. The number of aliphatic hydroxyl groups excluding tert-OH is 1. The molecule has 0 spiro atoms. The van der Waals surface area contributed by atoms with Crippen LogP contribution in [0.2, 0.25) is 0 Å². The van der Waals surface area contributed by atoms with Gasteiger partial charge in [-0.25, -0.2) is 0 Å². The van der Waals surface area contributed by atoms with E-state index in [4.69, 9.17) is 9.47 Å². The second kappa shape index (κ2) is 7.43. The summed E-state index contributed by atoms with van der Waals surface area (Å²) >= 11 is 0. The van der Waals surface area contributed by atoms with Crippen LogP contribution in [-0.2, 0) is 9.47 Å². The first-order valence-electron chi connectivity index (χ1n) is 14.6. The highest BCUT2D eigenvalue weighted by atomic mass is 16.7. The molecule has 0 aromatic heterocycles. The molecule has 0 bridgehead atoms. The average molecular weight is 475 g/mol. The zero-order valence-corrected chi connectivity index (χ0v) is 21.3. The summed E-state index contributed by atoms with van der Waals surface area (Å²) < 4.78 is 11.8. The smallest absolute Gasteiger partial charge is 0.157 e. The maximum Gasteiger partial charge on any atom is 0.157 e. The van der Waals surface area contributed by atoms with Crippen molar-refractivity contribution in [3.8, 4) is 0 Å². The number of hydrogen-bond acceptors (Lipinski definition) is 5. The summed E-state index contributed by atoms with van der Waals surface area (Å²) in [5.41, 5.74) is -1.32. The Bertz CT molecular complexity index is 827. The summed E-state index contributed by atoms with van der Waals surface area (Å²) in [5.74, 6) is 3.91. The van der Waals surface area contributed by atoms with E-state index in [0.29, 0.717) is 54.5 Å². The molecule has 0 amide bonds. The number of hydrogen-bond donors (Lipinski definition) is 3. The third-order valence-corrected chi connectivity index (χ3v) is 12.9. The van der Waals surface area contributed by atoms with Crippen molar-refractivity contribution in [2.24, 2.45) is 52.3 Å². The Morgan fingerprint density at radius 3 is 2.50 bits per heavy atom. The van der Waals surface area contributed by atoms with Crippen LogP contribution in [0.15, 0.2) is 0 Å². The van der Waals surface area contributed by atoms with Crippen LogP contribution in [0.1, 0.15) is 90.9 Å². The van der Waals surface area contributed by atoms with Gasteiger partial charge in [0.15, 0.2) is 6.29 Å². The Morgan fingerprint density at radius 1 is 0.912 bits per heavy atom. The van der Waals surface area contributed by atoms with E-state index in [9.17, 15) is 15.3 Å². The fraction of sp³-hybridized carbons (Fsp3) is 1.00. The van der Waals surface area contributed by atoms with Gasteiger partial charge >= 0.3 is 0 Å². The normalized spacial score (nSPS) is 61.5. The Kier molecular flexibility index (Phi) is 5.02.